The van der Waals surface area contributed by atoms with E-state index in [1.165, 1.54) is 12.1 Å². The molecular formula is C11H14FNO2. The van der Waals surface area contributed by atoms with E-state index in [-0.39, 0.29) is 12.2 Å². The van der Waals surface area contributed by atoms with Crippen LogP contribution < -0.4 is 5.73 Å². The average molecular weight is 211 g/mol. The third-order valence-corrected chi connectivity index (χ3v) is 2.27. The summed E-state index contributed by atoms with van der Waals surface area (Å²) in [6.07, 6.45) is 0.425. The van der Waals surface area contributed by atoms with E-state index in [1.54, 1.807) is 6.07 Å². The van der Waals surface area contributed by atoms with Gasteiger partial charge in [-0.15, -0.1) is 0 Å². The Morgan fingerprint density at radius 1 is 1.60 bits per heavy atom. The van der Waals surface area contributed by atoms with Crippen LogP contribution in [0.4, 0.5) is 4.39 Å². The fourth-order valence-corrected chi connectivity index (χ4v) is 1.40. The fourth-order valence-electron chi connectivity index (χ4n) is 1.40. The number of aryl methyl sites for hydroxylation is 1. The normalized spacial score (nSPS) is 12.5. The molecule has 0 aliphatic carbocycles. The Morgan fingerprint density at radius 3 is 2.80 bits per heavy atom. The molecular weight excluding hydrogens is 197 g/mol. The van der Waals surface area contributed by atoms with E-state index in [2.05, 4.69) is 0 Å². The van der Waals surface area contributed by atoms with Crippen LogP contribution in [-0.4, -0.2) is 11.1 Å². The largest absolute Gasteiger partial charge is 0.481 e. The molecule has 0 aromatic heterocycles. The molecule has 1 atom stereocenters. The van der Waals surface area contributed by atoms with Gasteiger partial charge in [-0.3, -0.25) is 4.79 Å². The maximum absolute atomic E-state index is 13.1. The van der Waals surface area contributed by atoms with Crippen LogP contribution in [0.25, 0.3) is 0 Å². The lowest BCUT2D eigenvalue weighted by atomic mass is 10.0. The number of hydrogen-bond acceptors (Lipinski definition) is 2. The van der Waals surface area contributed by atoms with Gasteiger partial charge in [0, 0.05) is 6.04 Å². The Bertz CT molecular complexity index is 366. The van der Waals surface area contributed by atoms with Crippen LogP contribution in [0.15, 0.2) is 18.2 Å². The highest BCUT2D eigenvalue weighted by atomic mass is 19.1. The highest BCUT2D eigenvalue weighted by Gasteiger charge is 2.12. The SMILES string of the molecule is CCc1cc(C(N)CC(=O)O)ccc1F. The van der Waals surface area contributed by atoms with Crippen LogP contribution in [0.2, 0.25) is 0 Å². The molecule has 0 fully saturated rings. The number of halogens is 1. The average Bonchev–Trinajstić information content (AvgIpc) is 2.17. The first kappa shape index (κ1) is 11.7. The maximum Gasteiger partial charge on any atom is 0.305 e. The molecule has 1 rings (SSSR count). The second kappa shape index (κ2) is 4.89. The Kier molecular flexibility index (Phi) is 3.80. The minimum absolute atomic E-state index is 0.144. The summed E-state index contributed by atoms with van der Waals surface area (Å²) in [4.78, 5) is 10.5. The molecule has 0 aliphatic rings. The van der Waals surface area contributed by atoms with Gasteiger partial charge in [0.05, 0.1) is 6.42 Å². The van der Waals surface area contributed by atoms with Crippen molar-refractivity contribution in [1.82, 2.24) is 0 Å². The van der Waals surface area contributed by atoms with Gasteiger partial charge >= 0.3 is 5.97 Å². The van der Waals surface area contributed by atoms with Crippen LogP contribution in [0.1, 0.15) is 30.5 Å². The molecule has 0 spiro atoms. The number of rotatable bonds is 4. The van der Waals surface area contributed by atoms with Gasteiger partial charge in [0.15, 0.2) is 0 Å². The van der Waals surface area contributed by atoms with Crippen molar-refractivity contribution < 1.29 is 14.3 Å². The Morgan fingerprint density at radius 2 is 2.27 bits per heavy atom. The van der Waals surface area contributed by atoms with E-state index < -0.39 is 12.0 Å². The summed E-state index contributed by atoms with van der Waals surface area (Å²) in [5.74, 6) is -1.23. The maximum atomic E-state index is 13.1. The zero-order valence-electron chi connectivity index (χ0n) is 8.53. The Hall–Kier alpha value is -1.42. The van der Waals surface area contributed by atoms with Crippen LogP contribution in [-0.2, 0) is 11.2 Å². The van der Waals surface area contributed by atoms with E-state index in [0.29, 0.717) is 17.5 Å². The van der Waals surface area contributed by atoms with Crippen LogP contribution in [0.3, 0.4) is 0 Å². The molecule has 0 aliphatic heterocycles. The Balaban J connectivity index is 2.90. The predicted molar refractivity (Wildman–Crippen MR) is 55.0 cm³/mol. The lowest BCUT2D eigenvalue weighted by Gasteiger charge is -2.11. The number of benzene rings is 1. The summed E-state index contributed by atoms with van der Waals surface area (Å²) in [7, 11) is 0. The lowest BCUT2D eigenvalue weighted by molar-refractivity contribution is -0.137. The molecule has 1 unspecified atom stereocenters. The summed E-state index contributed by atoms with van der Waals surface area (Å²) in [6.45, 7) is 1.84. The topological polar surface area (TPSA) is 63.3 Å². The zero-order chi connectivity index (χ0) is 11.4. The van der Waals surface area contributed by atoms with E-state index in [0.717, 1.165) is 0 Å². The molecule has 3 N–H and O–H groups in total. The molecule has 0 heterocycles. The Labute approximate surface area is 87.7 Å². The fraction of sp³-hybridized carbons (Fsp3) is 0.364. The van der Waals surface area contributed by atoms with Gasteiger partial charge in [-0.2, -0.15) is 0 Å². The van der Waals surface area contributed by atoms with Crippen molar-refractivity contribution in [2.24, 2.45) is 5.73 Å². The molecule has 0 radical (unpaired) electrons. The number of carbonyl (C=O) groups is 1. The highest BCUT2D eigenvalue weighted by Crippen LogP contribution is 2.18. The van der Waals surface area contributed by atoms with Crippen LogP contribution >= 0.6 is 0 Å². The molecule has 4 heteroatoms. The summed E-state index contributed by atoms with van der Waals surface area (Å²) in [6, 6.07) is 3.91. The minimum atomic E-state index is -0.954. The second-order valence-electron chi connectivity index (χ2n) is 3.41. The van der Waals surface area contributed by atoms with Crippen LogP contribution in [0.5, 0.6) is 0 Å². The van der Waals surface area contributed by atoms with Crippen molar-refractivity contribution in [2.45, 2.75) is 25.8 Å². The second-order valence-corrected chi connectivity index (χ2v) is 3.41. The van der Waals surface area contributed by atoms with Crippen LogP contribution in [0, 0.1) is 5.82 Å². The first-order valence-corrected chi connectivity index (χ1v) is 4.80. The minimum Gasteiger partial charge on any atom is -0.481 e. The molecule has 0 bridgehead atoms. The quantitative estimate of drug-likeness (QED) is 0.799. The molecule has 3 nitrogen and oxygen atoms in total. The van der Waals surface area contributed by atoms with Crippen molar-refractivity contribution in [3.63, 3.8) is 0 Å². The van der Waals surface area contributed by atoms with Crippen molar-refractivity contribution in [1.29, 1.82) is 0 Å². The molecule has 82 valence electrons. The van der Waals surface area contributed by atoms with Gasteiger partial charge in [-0.05, 0) is 23.6 Å². The number of carboxylic acids is 1. The molecule has 0 amide bonds. The van der Waals surface area contributed by atoms with Gasteiger partial charge in [0.1, 0.15) is 5.82 Å². The molecule has 1 aromatic rings. The van der Waals surface area contributed by atoms with E-state index in [9.17, 15) is 9.18 Å². The monoisotopic (exact) mass is 211 g/mol. The van der Waals surface area contributed by atoms with Gasteiger partial charge in [-0.25, -0.2) is 4.39 Å². The molecule has 0 saturated heterocycles. The molecule has 15 heavy (non-hydrogen) atoms. The number of nitrogens with two attached hydrogens (primary N) is 1. The van der Waals surface area contributed by atoms with E-state index >= 15 is 0 Å². The number of aliphatic carboxylic acids is 1. The smallest absolute Gasteiger partial charge is 0.305 e. The molecule has 1 aromatic carbocycles. The number of hydrogen-bond donors (Lipinski definition) is 2. The van der Waals surface area contributed by atoms with Crippen molar-refractivity contribution in [2.75, 3.05) is 0 Å². The van der Waals surface area contributed by atoms with Crippen molar-refractivity contribution >= 4 is 5.97 Å². The van der Waals surface area contributed by atoms with Gasteiger partial charge in [-0.1, -0.05) is 19.1 Å². The summed E-state index contributed by atoms with van der Waals surface area (Å²) < 4.78 is 13.1. The zero-order valence-corrected chi connectivity index (χ0v) is 8.53. The summed E-state index contributed by atoms with van der Waals surface area (Å²) >= 11 is 0. The van der Waals surface area contributed by atoms with E-state index in [4.69, 9.17) is 10.8 Å². The predicted octanol–water partition coefficient (Wildman–Crippen LogP) is 1.86. The first-order valence-electron chi connectivity index (χ1n) is 4.80. The van der Waals surface area contributed by atoms with Gasteiger partial charge < -0.3 is 10.8 Å². The standard InChI is InChI=1S/C11H14FNO2/c1-2-7-5-8(3-4-9(7)12)10(13)6-11(14)15/h3-5,10H,2,6,13H2,1H3,(H,14,15). The third-order valence-electron chi connectivity index (χ3n) is 2.27. The van der Waals surface area contributed by atoms with E-state index in [1.807, 2.05) is 6.92 Å². The highest BCUT2D eigenvalue weighted by molar-refractivity contribution is 5.67. The number of carboxylic acid groups (broad SMARTS) is 1. The third kappa shape index (κ3) is 3.02. The summed E-state index contributed by atoms with van der Waals surface area (Å²) in [5.41, 5.74) is 6.89. The van der Waals surface area contributed by atoms with Crippen molar-refractivity contribution in [3.8, 4) is 0 Å². The van der Waals surface area contributed by atoms with Gasteiger partial charge in [0.2, 0.25) is 0 Å². The molecule has 0 saturated carbocycles. The summed E-state index contributed by atoms with van der Waals surface area (Å²) in [5, 5.41) is 8.57. The lowest BCUT2D eigenvalue weighted by Crippen LogP contribution is -2.15. The van der Waals surface area contributed by atoms with Gasteiger partial charge in [0.25, 0.3) is 0 Å². The first-order chi connectivity index (χ1) is 7.04. The van der Waals surface area contributed by atoms with Crippen molar-refractivity contribution in [3.05, 3.63) is 35.1 Å².